The minimum absolute atomic E-state index is 1.10. The van der Waals surface area contributed by atoms with Crippen molar-refractivity contribution in [1.29, 1.82) is 0 Å². The summed E-state index contributed by atoms with van der Waals surface area (Å²) in [6.07, 6.45) is 0. The fraction of sp³-hybridized carbons (Fsp3) is 0. The average Bonchev–Trinajstić information content (AvgIpc) is 3.31. The number of benzene rings is 11. The van der Waals surface area contributed by atoms with Crippen LogP contribution in [0.5, 0.6) is 0 Å². The van der Waals surface area contributed by atoms with Gasteiger partial charge in [0.1, 0.15) is 0 Å². The topological polar surface area (TPSA) is 3.24 Å². The number of fused-ring (bicyclic) bond motifs is 5. The molecule has 11 aromatic rings. The largest absolute Gasteiger partial charge is 0.310 e. The summed E-state index contributed by atoms with van der Waals surface area (Å²) < 4.78 is 0. The summed E-state index contributed by atoms with van der Waals surface area (Å²) in [5, 5.41) is 9.96. The van der Waals surface area contributed by atoms with Crippen LogP contribution in [-0.4, -0.2) is 0 Å². The maximum Gasteiger partial charge on any atom is 0.0468 e. The molecule has 0 radical (unpaired) electrons. The standard InChI is InChI=1S/C58H39N/c1-3-16-43(17-4-1)57-55-25-12-11-24-53(55)54-35-31-49(39-56(54)58(57)44-18-5-2-6-19-44)47-22-13-23-51(38-47)59(52-34-30-41-15-8-10-21-46(41)37-52)50-32-28-42(29-33-50)48-27-26-40-14-7-9-20-45(40)36-48/h1-39H. The lowest BCUT2D eigenvalue weighted by Crippen LogP contribution is -2.10. The van der Waals surface area contributed by atoms with E-state index in [0.717, 1.165) is 22.6 Å². The zero-order valence-electron chi connectivity index (χ0n) is 32.5. The third-order valence-electron chi connectivity index (χ3n) is 11.8. The van der Waals surface area contributed by atoms with E-state index in [1.807, 2.05) is 0 Å². The molecule has 0 spiro atoms. The van der Waals surface area contributed by atoms with Crippen LogP contribution in [0.25, 0.3) is 87.6 Å². The summed E-state index contributed by atoms with van der Waals surface area (Å²) in [6, 6.07) is 86.3. The summed E-state index contributed by atoms with van der Waals surface area (Å²) in [5.41, 5.74) is 13.0. The molecule has 0 unspecified atom stereocenters. The highest BCUT2D eigenvalue weighted by molar-refractivity contribution is 6.22. The van der Waals surface area contributed by atoms with E-state index in [4.69, 9.17) is 0 Å². The summed E-state index contributed by atoms with van der Waals surface area (Å²) >= 11 is 0. The van der Waals surface area contributed by atoms with Gasteiger partial charge in [0.2, 0.25) is 0 Å². The molecule has 11 aromatic carbocycles. The number of rotatable bonds is 7. The van der Waals surface area contributed by atoms with Crippen LogP contribution in [0, 0.1) is 0 Å². The van der Waals surface area contributed by atoms with Crippen molar-refractivity contribution < 1.29 is 0 Å². The quantitative estimate of drug-likeness (QED) is 0.147. The predicted octanol–water partition coefficient (Wildman–Crippen LogP) is 16.4. The second kappa shape index (κ2) is 14.6. The minimum atomic E-state index is 1.10. The van der Waals surface area contributed by atoms with Gasteiger partial charge in [0.15, 0.2) is 0 Å². The van der Waals surface area contributed by atoms with Crippen molar-refractivity contribution in [3.63, 3.8) is 0 Å². The monoisotopic (exact) mass is 749 g/mol. The lowest BCUT2D eigenvalue weighted by Gasteiger charge is -2.27. The summed E-state index contributed by atoms with van der Waals surface area (Å²) in [7, 11) is 0. The molecule has 0 bridgehead atoms. The van der Waals surface area contributed by atoms with E-state index in [0.29, 0.717) is 0 Å². The molecule has 0 amide bonds. The van der Waals surface area contributed by atoms with Gasteiger partial charge in [-0.15, -0.1) is 0 Å². The van der Waals surface area contributed by atoms with Gasteiger partial charge in [-0.05, 0) is 136 Å². The fourth-order valence-corrected chi connectivity index (χ4v) is 8.94. The van der Waals surface area contributed by atoms with Crippen molar-refractivity contribution in [2.45, 2.75) is 0 Å². The van der Waals surface area contributed by atoms with Gasteiger partial charge in [-0.25, -0.2) is 0 Å². The van der Waals surface area contributed by atoms with Crippen molar-refractivity contribution in [3.8, 4) is 44.5 Å². The van der Waals surface area contributed by atoms with E-state index in [2.05, 4.69) is 241 Å². The Hall–Kier alpha value is -7.74. The molecule has 1 nitrogen and oxygen atoms in total. The van der Waals surface area contributed by atoms with Crippen molar-refractivity contribution in [2.75, 3.05) is 4.90 Å². The first kappa shape index (κ1) is 34.5. The van der Waals surface area contributed by atoms with Crippen molar-refractivity contribution in [2.24, 2.45) is 0 Å². The average molecular weight is 750 g/mol. The molecule has 0 aliphatic carbocycles. The summed E-state index contributed by atoms with van der Waals surface area (Å²) in [5.74, 6) is 0. The Morgan fingerprint density at radius 1 is 0.203 bits per heavy atom. The molecule has 11 rings (SSSR count). The Balaban J connectivity index is 1.07. The van der Waals surface area contributed by atoms with E-state index in [1.54, 1.807) is 0 Å². The first-order chi connectivity index (χ1) is 29.2. The molecule has 0 saturated carbocycles. The number of hydrogen-bond acceptors (Lipinski definition) is 1. The molecule has 0 aliphatic rings. The van der Waals surface area contributed by atoms with Gasteiger partial charge in [0.05, 0.1) is 0 Å². The Kier molecular flexibility index (Phi) is 8.56. The zero-order chi connectivity index (χ0) is 39.1. The van der Waals surface area contributed by atoms with Crippen LogP contribution in [0.4, 0.5) is 17.1 Å². The van der Waals surface area contributed by atoms with Crippen molar-refractivity contribution >= 4 is 60.2 Å². The van der Waals surface area contributed by atoms with Gasteiger partial charge in [-0.3, -0.25) is 0 Å². The maximum absolute atomic E-state index is 2.41. The van der Waals surface area contributed by atoms with E-state index in [1.165, 1.54) is 82.0 Å². The second-order valence-electron chi connectivity index (χ2n) is 15.3. The van der Waals surface area contributed by atoms with Gasteiger partial charge >= 0.3 is 0 Å². The fourth-order valence-electron chi connectivity index (χ4n) is 8.94. The Morgan fingerprint density at radius 3 is 1.37 bits per heavy atom. The van der Waals surface area contributed by atoms with E-state index >= 15 is 0 Å². The highest BCUT2D eigenvalue weighted by atomic mass is 15.1. The lowest BCUT2D eigenvalue weighted by atomic mass is 9.84. The molecule has 0 N–H and O–H groups in total. The van der Waals surface area contributed by atoms with Crippen molar-refractivity contribution in [3.05, 3.63) is 237 Å². The third kappa shape index (κ3) is 6.30. The maximum atomic E-state index is 2.41. The van der Waals surface area contributed by atoms with Crippen LogP contribution >= 0.6 is 0 Å². The highest BCUT2D eigenvalue weighted by Crippen LogP contribution is 2.46. The Bertz CT molecular complexity index is 3310. The second-order valence-corrected chi connectivity index (χ2v) is 15.3. The van der Waals surface area contributed by atoms with Crippen LogP contribution in [-0.2, 0) is 0 Å². The summed E-state index contributed by atoms with van der Waals surface area (Å²) in [6.45, 7) is 0. The van der Waals surface area contributed by atoms with Gasteiger partial charge in [0, 0.05) is 17.1 Å². The molecule has 0 saturated heterocycles. The molecule has 0 fully saturated rings. The predicted molar refractivity (Wildman–Crippen MR) is 253 cm³/mol. The van der Waals surface area contributed by atoms with Gasteiger partial charge in [0.25, 0.3) is 0 Å². The molecular formula is C58H39N. The van der Waals surface area contributed by atoms with Crippen molar-refractivity contribution in [1.82, 2.24) is 0 Å². The number of anilines is 3. The van der Waals surface area contributed by atoms with Crippen LogP contribution in [0.1, 0.15) is 0 Å². The zero-order valence-corrected chi connectivity index (χ0v) is 32.5. The normalized spacial score (nSPS) is 11.4. The molecule has 276 valence electrons. The van der Waals surface area contributed by atoms with E-state index in [-0.39, 0.29) is 0 Å². The Labute approximate surface area is 344 Å². The number of hydrogen-bond donors (Lipinski definition) is 0. The molecule has 0 aliphatic heterocycles. The lowest BCUT2D eigenvalue weighted by molar-refractivity contribution is 1.29. The van der Waals surface area contributed by atoms with Gasteiger partial charge in [-0.1, -0.05) is 188 Å². The molecular weight excluding hydrogens is 711 g/mol. The van der Waals surface area contributed by atoms with Crippen LogP contribution in [0.2, 0.25) is 0 Å². The molecule has 0 heterocycles. The Morgan fingerprint density at radius 2 is 0.661 bits per heavy atom. The first-order valence-corrected chi connectivity index (χ1v) is 20.3. The van der Waals surface area contributed by atoms with Crippen LogP contribution in [0.3, 0.4) is 0 Å². The minimum Gasteiger partial charge on any atom is -0.310 e. The van der Waals surface area contributed by atoms with E-state index in [9.17, 15) is 0 Å². The molecule has 1 heteroatoms. The van der Waals surface area contributed by atoms with Crippen LogP contribution < -0.4 is 4.90 Å². The highest BCUT2D eigenvalue weighted by Gasteiger charge is 2.19. The molecule has 0 atom stereocenters. The van der Waals surface area contributed by atoms with Gasteiger partial charge in [-0.2, -0.15) is 0 Å². The molecule has 0 aromatic heterocycles. The number of nitrogens with zero attached hydrogens (tertiary/aromatic N) is 1. The van der Waals surface area contributed by atoms with Gasteiger partial charge < -0.3 is 4.90 Å². The van der Waals surface area contributed by atoms with Crippen LogP contribution in [0.15, 0.2) is 237 Å². The van der Waals surface area contributed by atoms with E-state index < -0.39 is 0 Å². The first-order valence-electron chi connectivity index (χ1n) is 20.3. The summed E-state index contributed by atoms with van der Waals surface area (Å²) in [4.78, 5) is 2.39. The third-order valence-corrected chi connectivity index (χ3v) is 11.8. The molecule has 59 heavy (non-hydrogen) atoms. The smallest absolute Gasteiger partial charge is 0.0468 e. The SMILES string of the molecule is c1ccc(-c2c(-c3ccccc3)c3cc(-c4cccc(N(c5ccc(-c6ccc7ccccc7c6)cc5)c5ccc6ccccc6c5)c4)ccc3c3ccccc23)cc1.